The van der Waals surface area contributed by atoms with E-state index < -0.39 is 6.04 Å². The molecule has 7 nitrogen and oxygen atoms in total. The van der Waals surface area contributed by atoms with Crippen molar-refractivity contribution in [3.05, 3.63) is 89.5 Å². The molecule has 0 amide bonds. The zero-order chi connectivity index (χ0) is 26.6. The second kappa shape index (κ2) is 11.0. The van der Waals surface area contributed by atoms with Gasteiger partial charge in [0, 0.05) is 0 Å². The number of nitrogens with one attached hydrogen (secondary N) is 1. The third-order valence-corrected chi connectivity index (χ3v) is 6.67. The van der Waals surface area contributed by atoms with Gasteiger partial charge in [0.25, 0.3) is 0 Å². The van der Waals surface area contributed by atoms with E-state index in [1.165, 1.54) is 0 Å². The molecule has 3 aromatic carbocycles. The predicted octanol–water partition coefficient (Wildman–Crippen LogP) is 6.46. The maximum absolute atomic E-state index is 13.6. The Labute approximate surface area is 223 Å². The number of nitrogens with zero attached hydrogens (tertiary/aromatic N) is 2. The molecule has 1 aromatic heterocycles. The summed E-state index contributed by atoms with van der Waals surface area (Å²) >= 11 is 0. The molecule has 0 bridgehead atoms. The number of hydrogen-bond acceptors (Lipinski definition) is 6. The van der Waals surface area contributed by atoms with Gasteiger partial charge in [0.15, 0.2) is 0 Å². The van der Waals surface area contributed by atoms with Gasteiger partial charge in [-0.25, -0.2) is 9.78 Å². The van der Waals surface area contributed by atoms with Crippen molar-refractivity contribution in [2.45, 2.75) is 33.2 Å². The monoisotopic (exact) mass is 511 g/mol. The van der Waals surface area contributed by atoms with Crippen molar-refractivity contribution >= 4 is 28.6 Å². The highest BCUT2D eigenvalue weighted by Gasteiger charge is 2.36. The molecule has 38 heavy (non-hydrogen) atoms. The van der Waals surface area contributed by atoms with E-state index in [0.29, 0.717) is 29.7 Å². The Morgan fingerprint density at radius 1 is 1.00 bits per heavy atom. The molecule has 5 rings (SSSR count). The Hall–Kier alpha value is -4.26. The Kier molecular flexibility index (Phi) is 7.36. The normalized spacial score (nSPS) is 14.8. The van der Waals surface area contributed by atoms with E-state index in [4.69, 9.17) is 19.2 Å². The smallest absolute Gasteiger partial charge is 0.338 e. The minimum Gasteiger partial charge on any atom is -0.497 e. The number of para-hydroxylation sites is 2. The molecule has 1 aliphatic rings. The first kappa shape index (κ1) is 25.4. The fourth-order valence-corrected chi connectivity index (χ4v) is 4.72. The molecule has 0 fully saturated rings. The Bertz CT molecular complexity index is 1450. The lowest BCUT2D eigenvalue weighted by atomic mass is 9.92. The predicted molar refractivity (Wildman–Crippen MR) is 149 cm³/mol. The zero-order valence-electron chi connectivity index (χ0n) is 22.2. The number of carbonyl (C=O) groups excluding carboxylic acids is 1. The molecular formula is C31H33N3O4. The quantitative estimate of drug-likeness (QED) is 0.260. The summed E-state index contributed by atoms with van der Waals surface area (Å²) in [6.07, 6.45) is 0.987. The fourth-order valence-electron chi connectivity index (χ4n) is 4.72. The molecule has 0 aliphatic carbocycles. The molecule has 0 saturated heterocycles. The van der Waals surface area contributed by atoms with Crippen molar-refractivity contribution in [2.75, 3.05) is 25.6 Å². The summed E-state index contributed by atoms with van der Waals surface area (Å²) in [4.78, 5) is 18.5. The highest BCUT2D eigenvalue weighted by Crippen LogP contribution is 2.42. The molecule has 2 heterocycles. The first-order chi connectivity index (χ1) is 18.5. The van der Waals surface area contributed by atoms with Gasteiger partial charge in [-0.15, -0.1) is 0 Å². The van der Waals surface area contributed by atoms with Crippen LogP contribution in [0, 0.1) is 5.92 Å². The number of hydrogen-bond donors (Lipinski definition) is 1. The average Bonchev–Trinajstić information content (AvgIpc) is 3.31. The SMILES string of the molecule is CCOC(=O)C1=C(c2ccc(OC)cc2)Nc2nc3ccccc3n2[C@H]1c1ccc(OCCC(C)C)cc1. The Morgan fingerprint density at radius 3 is 2.39 bits per heavy atom. The number of methoxy groups -OCH3 is 1. The summed E-state index contributed by atoms with van der Waals surface area (Å²) in [6.45, 7) is 7.11. The molecule has 1 atom stereocenters. The molecule has 0 saturated carbocycles. The number of benzene rings is 3. The van der Waals surface area contributed by atoms with Crippen LogP contribution in [0.1, 0.15) is 44.4 Å². The number of esters is 1. The summed E-state index contributed by atoms with van der Waals surface area (Å²) < 4.78 is 19.0. The summed E-state index contributed by atoms with van der Waals surface area (Å²) in [5.74, 6) is 2.39. The number of aromatic nitrogens is 2. The van der Waals surface area contributed by atoms with Crippen LogP contribution in [0.2, 0.25) is 0 Å². The molecular weight excluding hydrogens is 478 g/mol. The molecule has 1 aliphatic heterocycles. The van der Waals surface area contributed by atoms with Gasteiger partial charge in [0.1, 0.15) is 11.5 Å². The summed E-state index contributed by atoms with van der Waals surface area (Å²) in [5, 5.41) is 3.44. The Balaban J connectivity index is 1.66. The fraction of sp³-hybridized carbons (Fsp3) is 0.290. The van der Waals surface area contributed by atoms with E-state index in [1.54, 1.807) is 7.11 Å². The summed E-state index contributed by atoms with van der Waals surface area (Å²) in [7, 11) is 1.63. The second-order valence-electron chi connectivity index (χ2n) is 9.66. The third kappa shape index (κ3) is 4.96. The lowest BCUT2D eigenvalue weighted by Crippen LogP contribution is -2.29. The average molecular weight is 512 g/mol. The maximum atomic E-state index is 13.6. The first-order valence-corrected chi connectivity index (χ1v) is 13.0. The van der Waals surface area contributed by atoms with Gasteiger partial charge in [-0.3, -0.25) is 4.57 Å². The number of fused-ring (bicyclic) bond motifs is 3. The van der Waals surface area contributed by atoms with E-state index in [9.17, 15) is 4.79 Å². The highest BCUT2D eigenvalue weighted by atomic mass is 16.5. The summed E-state index contributed by atoms with van der Waals surface area (Å²) in [5.41, 5.74) is 4.71. The van der Waals surface area contributed by atoms with E-state index in [1.807, 2.05) is 79.7 Å². The standard InChI is InChI=1S/C31H33N3O4/c1-5-37-30(35)27-28(21-10-14-23(36-4)15-11-21)33-31-32-25-8-6-7-9-26(25)34(31)29(27)22-12-16-24(17-13-22)38-19-18-20(2)3/h6-17,20,29H,5,18-19H2,1-4H3,(H,32,33)/t29-/m0/s1. The molecule has 196 valence electrons. The van der Waals surface area contributed by atoms with Crippen molar-refractivity contribution in [3.63, 3.8) is 0 Å². The van der Waals surface area contributed by atoms with Crippen LogP contribution < -0.4 is 14.8 Å². The van der Waals surface area contributed by atoms with Crippen LogP contribution in [0.4, 0.5) is 5.95 Å². The van der Waals surface area contributed by atoms with Crippen LogP contribution in [0.15, 0.2) is 78.4 Å². The molecule has 4 aromatic rings. The van der Waals surface area contributed by atoms with Crippen molar-refractivity contribution in [3.8, 4) is 11.5 Å². The van der Waals surface area contributed by atoms with Gasteiger partial charge in [-0.2, -0.15) is 0 Å². The van der Waals surface area contributed by atoms with E-state index in [-0.39, 0.29) is 12.6 Å². The first-order valence-electron chi connectivity index (χ1n) is 13.0. The van der Waals surface area contributed by atoms with Crippen LogP contribution in [0.25, 0.3) is 16.7 Å². The van der Waals surface area contributed by atoms with Gasteiger partial charge in [-0.05, 0) is 78.9 Å². The second-order valence-corrected chi connectivity index (χ2v) is 9.66. The number of carbonyl (C=O) groups is 1. The topological polar surface area (TPSA) is 74.6 Å². The Morgan fingerprint density at radius 2 is 1.71 bits per heavy atom. The van der Waals surface area contributed by atoms with Crippen LogP contribution in [0.5, 0.6) is 11.5 Å². The van der Waals surface area contributed by atoms with Crippen LogP contribution in [-0.2, 0) is 9.53 Å². The third-order valence-electron chi connectivity index (χ3n) is 6.67. The number of anilines is 1. The highest BCUT2D eigenvalue weighted by molar-refractivity contribution is 6.03. The summed E-state index contributed by atoms with van der Waals surface area (Å²) in [6, 6.07) is 23.1. The van der Waals surface area contributed by atoms with Gasteiger partial charge >= 0.3 is 5.97 Å². The molecule has 1 N–H and O–H groups in total. The van der Waals surface area contributed by atoms with Gasteiger partial charge in [-0.1, -0.05) is 38.1 Å². The minimum absolute atomic E-state index is 0.269. The lowest BCUT2D eigenvalue weighted by molar-refractivity contribution is -0.138. The van der Waals surface area contributed by atoms with Crippen molar-refractivity contribution in [1.29, 1.82) is 0 Å². The molecule has 0 radical (unpaired) electrons. The van der Waals surface area contributed by atoms with Gasteiger partial charge < -0.3 is 19.5 Å². The van der Waals surface area contributed by atoms with E-state index in [2.05, 4.69) is 23.7 Å². The van der Waals surface area contributed by atoms with Crippen LogP contribution >= 0.6 is 0 Å². The van der Waals surface area contributed by atoms with Crippen LogP contribution in [0.3, 0.4) is 0 Å². The maximum Gasteiger partial charge on any atom is 0.338 e. The number of ether oxygens (including phenoxy) is 3. The number of rotatable bonds is 9. The lowest BCUT2D eigenvalue weighted by Gasteiger charge is -2.31. The van der Waals surface area contributed by atoms with Crippen LogP contribution in [-0.4, -0.2) is 35.8 Å². The van der Waals surface area contributed by atoms with Gasteiger partial charge in [0.2, 0.25) is 5.95 Å². The zero-order valence-corrected chi connectivity index (χ0v) is 22.2. The van der Waals surface area contributed by atoms with Crippen molar-refractivity contribution in [1.82, 2.24) is 9.55 Å². The molecule has 0 spiro atoms. The minimum atomic E-state index is -0.459. The van der Waals surface area contributed by atoms with Crippen molar-refractivity contribution < 1.29 is 19.0 Å². The van der Waals surface area contributed by atoms with E-state index in [0.717, 1.165) is 40.1 Å². The van der Waals surface area contributed by atoms with Crippen molar-refractivity contribution in [2.24, 2.45) is 5.92 Å². The number of imidazole rings is 1. The molecule has 7 heteroatoms. The van der Waals surface area contributed by atoms with Gasteiger partial charge in [0.05, 0.1) is 48.7 Å². The largest absolute Gasteiger partial charge is 0.497 e. The van der Waals surface area contributed by atoms with E-state index >= 15 is 0 Å². The molecule has 0 unspecified atom stereocenters.